The fourth-order valence-corrected chi connectivity index (χ4v) is 3.64. The number of pyridine rings is 1. The van der Waals surface area contributed by atoms with Crippen LogP contribution in [0.4, 0.5) is 0 Å². The number of benzene rings is 1. The minimum absolute atomic E-state index is 0.00652. The van der Waals surface area contributed by atoms with E-state index >= 15 is 0 Å². The summed E-state index contributed by atoms with van der Waals surface area (Å²) in [7, 11) is 0. The van der Waals surface area contributed by atoms with E-state index in [2.05, 4.69) is 32.6 Å². The van der Waals surface area contributed by atoms with Crippen molar-refractivity contribution >= 4 is 17.7 Å². The molecule has 0 aliphatic carbocycles. The molecule has 1 aromatic carbocycles. The molecule has 1 unspecified atom stereocenters. The molecule has 6 nitrogen and oxygen atoms in total. The number of rotatable bonds is 8. The van der Waals surface area contributed by atoms with E-state index in [1.165, 1.54) is 17.3 Å². The van der Waals surface area contributed by atoms with Crippen LogP contribution in [0.3, 0.4) is 0 Å². The van der Waals surface area contributed by atoms with Crippen LogP contribution in [0.15, 0.2) is 60.0 Å². The molecule has 3 rings (SSSR count). The summed E-state index contributed by atoms with van der Waals surface area (Å²) >= 11 is 1.43. The van der Waals surface area contributed by atoms with Crippen molar-refractivity contribution in [2.45, 2.75) is 37.2 Å². The largest absolute Gasteiger partial charge is 0.355 e. The number of nitrogens with zero attached hydrogens (tertiary/aromatic N) is 4. The monoisotopic (exact) mass is 381 g/mol. The molecule has 140 valence electrons. The Balaban J connectivity index is 1.59. The maximum Gasteiger partial charge on any atom is 0.233 e. The van der Waals surface area contributed by atoms with Gasteiger partial charge in [-0.3, -0.25) is 9.78 Å². The minimum atomic E-state index is -0.249. The van der Waals surface area contributed by atoms with Crippen molar-refractivity contribution in [3.8, 4) is 11.4 Å². The van der Waals surface area contributed by atoms with Gasteiger partial charge in [0.25, 0.3) is 0 Å². The lowest BCUT2D eigenvalue weighted by atomic mass is 10.1. The molecular weight excluding hydrogens is 358 g/mol. The van der Waals surface area contributed by atoms with Gasteiger partial charge in [-0.05, 0) is 38.0 Å². The molecule has 1 N–H and O–H groups in total. The number of aromatic nitrogens is 4. The average molecular weight is 382 g/mol. The number of hydrogen-bond acceptors (Lipinski definition) is 5. The molecule has 7 heteroatoms. The first-order valence-corrected chi connectivity index (χ1v) is 9.89. The molecule has 0 aliphatic rings. The highest BCUT2D eigenvalue weighted by atomic mass is 32.2. The summed E-state index contributed by atoms with van der Waals surface area (Å²) in [5.41, 5.74) is 2.18. The third-order valence-corrected chi connectivity index (χ3v) is 5.26. The summed E-state index contributed by atoms with van der Waals surface area (Å²) in [5, 5.41) is 12.1. The summed E-state index contributed by atoms with van der Waals surface area (Å²) in [4.78, 5) is 16.5. The first-order valence-electron chi connectivity index (χ1n) is 9.01. The van der Waals surface area contributed by atoms with Gasteiger partial charge in [-0.1, -0.05) is 42.1 Å². The maximum atomic E-state index is 12.4. The van der Waals surface area contributed by atoms with E-state index in [1.54, 1.807) is 12.4 Å². The standard InChI is InChI=1S/C20H23N5OS/c1-3-25-18(17-10-12-21-13-11-17)23-24-20(25)27-15(2)19(26)22-14-9-16-7-5-4-6-8-16/h4-8,10-13,15H,3,9,14H2,1-2H3,(H,22,26). The second-order valence-electron chi connectivity index (χ2n) is 6.07. The van der Waals surface area contributed by atoms with Crippen LogP contribution in [0.2, 0.25) is 0 Å². The van der Waals surface area contributed by atoms with Crippen molar-refractivity contribution in [3.05, 3.63) is 60.4 Å². The first kappa shape index (κ1) is 19.1. The van der Waals surface area contributed by atoms with Crippen LogP contribution in [0.1, 0.15) is 19.4 Å². The van der Waals surface area contributed by atoms with Crippen LogP contribution in [-0.4, -0.2) is 37.5 Å². The van der Waals surface area contributed by atoms with Gasteiger partial charge in [0.1, 0.15) is 0 Å². The molecule has 2 aromatic heterocycles. The van der Waals surface area contributed by atoms with Gasteiger partial charge in [-0.2, -0.15) is 0 Å². The third-order valence-electron chi connectivity index (χ3n) is 4.18. The molecule has 0 fully saturated rings. The van der Waals surface area contributed by atoms with Crippen molar-refractivity contribution in [2.24, 2.45) is 0 Å². The number of amides is 1. The molecule has 27 heavy (non-hydrogen) atoms. The van der Waals surface area contributed by atoms with E-state index in [0.717, 1.165) is 29.5 Å². The Hall–Kier alpha value is -2.67. The van der Waals surface area contributed by atoms with Crippen LogP contribution in [-0.2, 0) is 17.8 Å². The Bertz CT molecular complexity index is 867. The van der Waals surface area contributed by atoms with Crippen molar-refractivity contribution in [1.29, 1.82) is 0 Å². The molecule has 0 radical (unpaired) electrons. The molecule has 1 atom stereocenters. The van der Waals surface area contributed by atoms with Gasteiger partial charge in [0.2, 0.25) is 5.91 Å². The van der Waals surface area contributed by atoms with Crippen molar-refractivity contribution in [1.82, 2.24) is 25.1 Å². The predicted octanol–water partition coefficient (Wildman–Crippen LogP) is 3.20. The molecule has 0 bridgehead atoms. The van der Waals surface area contributed by atoms with Crippen molar-refractivity contribution in [2.75, 3.05) is 6.54 Å². The minimum Gasteiger partial charge on any atom is -0.355 e. The first-order chi connectivity index (χ1) is 13.2. The Morgan fingerprint density at radius 1 is 1.15 bits per heavy atom. The highest BCUT2D eigenvalue weighted by Crippen LogP contribution is 2.26. The van der Waals surface area contributed by atoms with Crippen LogP contribution in [0.25, 0.3) is 11.4 Å². The number of hydrogen-bond donors (Lipinski definition) is 1. The van der Waals surface area contributed by atoms with Gasteiger partial charge in [-0.25, -0.2) is 0 Å². The molecule has 0 saturated carbocycles. The quantitative estimate of drug-likeness (QED) is 0.607. The van der Waals surface area contributed by atoms with E-state index in [1.807, 2.05) is 48.7 Å². The summed E-state index contributed by atoms with van der Waals surface area (Å²) in [5.74, 6) is 0.797. The van der Waals surface area contributed by atoms with Gasteiger partial charge in [-0.15, -0.1) is 10.2 Å². The number of carbonyl (C=O) groups excluding carboxylic acids is 1. The molecule has 0 aliphatic heterocycles. The Morgan fingerprint density at radius 3 is 2.59 bits per heavy atom. The molecule has 2 heterocycles. The Morgan fingerprint density at radius 2 is 1.89 bits per heavy atom. The predicted molar refractivity (Wildman–Crippen MR) is 107 cm³/mol. The van der Waals surface area contributed by atoms with Gasteiger partial charge in [0.05, 0.1) is 5.25 Å². The maximum absolute atomic E-state index is 12.4. The zero-order valence-electron chi connectivity index (χ0n) is 15.5. The van der Waals surface area contributed by atoms with E-state index < -0.39 is 0 Å². The molecule has 0 saturated heterocycles. The second-order valence-corrected chi connectivity index (χ2v) is 7.38. The molecular formula is C20H23N5OS. The van der Waals surface area contributed by atoms with E-state index in [9.17, 15) is 4.79 Å². The Kier molecular flexibility index (Phi) is 6.59. The van der Waals surface area contributed by atoms with Crippen LogP contribution in [0.5, 0.6) is 0 Å². The second kappa shape index (κ2) is 9.32. The average Bonchev–Trinajstić information content (AvgIpc) is 3.11. The Labute approximate surface area is 163 Å². The summed E-state index contributed by atoms with van der Waals surface area (Å²) < 4.78 is 2.02. The van der Waals surface area contributed by atoms with Crippen LogP contribution >= 0.6 is 11.8 Å². The van der Waals surface area contributed by atoms with Gasteiger partial charge in [0.15, 0.2) is 11.0 Å². The number of carbonyl (C=O) groups is 1. The summed E-state index contributed by atoms with van der Waals surface area (Å²) in [6.45, 7) is 5.29. The van der Waals surface area contributed by atoms with Crippen LogP contribution in [0, 0.1) is 0 Å². The normalized spacial score (nSPS) is 11.9. The van der Waals surface area contributed by atoms with E-state index in [0.29, 0.717) is 6.54 Å². The van der Waals surface area contributed by atoms with E-state index in [4.69, 9.17) is 0 Å². The third kappa shape index (κ3) is 4.95. The number of nitrogens with one attached hydrogen (secondary N) is 1. The van der Waals surface area contributed by atoms with Crippen molar-refractivity contribution < 1.29 is 4.79 Å². The lowest BCUT2D eigenvalue weighted by Crippen LogP contribution is -2.32. The molecule has 0 spiro atoms. The van der Waals surface area contributed by atoms with Crippen molar-refractivity contribution in [3.63, 3.8) is 0 Å². The number of thioether (sulfide) groups is 1. The van der Waals surface area contributed by atoms with Gasteiger partial charge >= 0.3 is 0 Å². The highest BCUT2D eigenvalue weighted by molar-refractivity contribution is 8.00. The summed E-state index contributed by atoms with van der Waals surface area (Å²) in [6, 6.07) is 13.9. The fraction of sp³-hybridized carbons (Fsp3) is 0.300. The zero-order chi connectivity index (χ0) is 19.1. The topological polar surface area (TPSA) is 72.7 Å². The van der Waals surface area contributed by atoms with Gasteiger partial charge in [0, 0.05) is 31.0 Å². The molecule has 3 aromatic rings. The molecule has 1 amide bonds. The van der Waals surface area contributed by atoms with Crippen LogP contribution < -0.4 is 5.32 Å². The SMILES string of the molecule is CCn1c(SC(C)C(=O)NCCc2ccccc2)nnc1-c1ccncc1. The lowest BCUT2D eigenvalue weighted by Gasteiger charge is -2.13. The zero-order valence-corrected chi connectivity index (χ0v) is 16.3. The summed E-state index contributed by atoms with van der Waals surface area (Å²) in [6.07, 6.45) is 4.29. The van der Waals surface area contributed by atoms with E-state index in [-0.39, 0.29) is 11.2 Å². The highest BCUT2D eigenvalue weighted by Gasteiger charge is 2.20. The fourth-order valence-electron chi connectivity index (χ4n) is 2.71. The lowest BCUT2D eigenvalue weighted by molar-refractivity contribution is -0.120. The van der Waals surface area contributed by atoms with Gasteiger partial charge < -0.3 is 9.88 Å². The smallest absolute Gasteiger partial charge is 0.233 e.